The molecule has 0 radical (unpaired) electrons. The van der Waals surface area contributed by atoms with Crippen LogP contribution < -0.4 is 0 Å². The molecule has 0 spiro atoms. The van der Waals surface area contributed by atoms with Crippen LogP contribution in [-0.2, 0) is 9.53 Å². The van der Waals surface area contributed by atoms with Crippen molar-refractivity contribution >= 4 is 5.97 Å². The number of aliphatic carboxylic acids is 1. The van der Waals surface area contributed by atoms with Gasteiger partial charge in [-0.15, -0.1) is 0 Å². The maximum absolute atomic E-state index is 10.0. The van der Waals surface area contributed by atoms with E-state index in [0.29, 0.717) is 6.61 Å². The molecule has 0 aliphatic rings. The highest BCUT2D eigenvalue weighted by molar-refractivity contribution is 5.67. The number of hydrogen-bond acceptors (Lipinski definition) is 3. The minimum atomic E-state index is -1.00. The Hall–Kier alpha value is -0.610. The van der Waals surface area contributed by atoms with E-state index in [-0.39, 0.29) is 13.0 Å². The van der Waals surface area contributed by atoms with Gasteiger partial charge in [-0.3, -0.25) is 4.79 Å². The molecule has 0 rings (SSSR count). The summed E-state index contributed by atoms with van der Waals surface area (Å²) < 4.78 is 4.93. The van der Waals surface area contributed by atoms with E-state index in [4.69, 9.17) is 14.9 Å². The molecule has 0 heterocycles. The first kappa shape index (κ1) is 10.4. The van der Waals surface area contributed by atoms with Gasteiger partial charge in [-0.25, -0.2) is 0 Å². The molecule has 0 aromatic rings. The summed E-state index contributed by atoms with van der Waals surface area (Å²) in [5, 5.41) is 17.2. The maximum atomic E-state index is 10.0. The van der Waals surface area contributed by atoms with Crippen molar-refractivity contribution in [2.75, 3.05) is 13.2 Å². The second kappa shape index (κ2) is 6.12. The molecule has 0 saturated carbocycles. The molecule has 0 aliphatic heterocycles. The van der Waals surface area contributed by atoms with Gasteiger partial charge in [0, 0.05) is 6.61 Å². The zero-order valence-electron chi connectivity index (χ0n) is 6.62. The van der Waals surface area contributed by atoms with Gasteiger partial charge in [0.05, 0.1) is 19.1 Å². The van der Waals surface area contributed by atoms with Crippen molar-refractivity contribution in [3.8, 4) is 0 Å². The van der Waals surface area contributed by atoms with Gasteiger partial charge in [-0.05, 0) is 6.42 Å². The first-order valence-electron chi connectivity index (χ1n) is 3.64. The molecule has 11 heavy (non-hydrogen) atoms. The SMILES string of the molecule is CCCOCC(O)CC(=O)O. The van der Waals surface area contributed by atoms with Crippen molar-refractivity contribution in [3.05, 3.63) is 0 Å². The van der Waals surface area contributed by atoms with Crippen LogP contribution in [0.2, 0.25) is 0 Å². The number of hydrogen-bond donors (Lipinski definition) is 2. The van der Waals surface area contributed by atoms with E-state index in [9.17, 15) is 4.79 Å². The van der Waals surface area contributed by atoms with Crippen LogP contribution in [0.3, 0.4) is 0 Å². The highest BCUT2D eigenvalue weighted by Gasteiger charge is 2.08. The molecule has 0 aromatic heterocycles. The van der Waals surface area contributed by atoms with Gasteiger partial charge in [0.2, 0.25) is 0 Å². The lowest BCUT2D eigenvalue weighted by atomic mass is 10.3. The van der Waals surface area contributed by atoms with Gasteiger partial charge in [0.25, 0.3) is 0 Å². The summed E-state index contributed by atoms with van der Waals surface area (Å²) in [6.45, 7) is 2.63. The van der Waals surface area contributed by atoms with E-state index in [1.807, 2.05) is 6.92 Å². The van der Waals surface area contributed by atoms with Crippen LogP contribution in [0.4, 0.5) is 0 Å². The lowest BCUT2D eigenvalue weighted by Crippen LogP contribution is -2.19. The highest BCUT2D eigenvalue weighted by atomic mass is 16.5. The van der Waals surface area contributed by atoms with E-state index in [0.717, 1.165) is 6.42 Å². The van der Waals surface area contributed by atoms with E-state index in [2.05, 4.69) is 0 Å². The van der Waals surface area contributed by atoms with Crippen LogP contribution >= 0.6 is 0 Å². The number of aliphatic hydroxyl groups excluding tert-OH is 1. The number of aliphatic hydroxyl groups is 1. The molecule has 0 bridgehead atoms. The molecular formula is C7H14O4. The molecule has 66 valence electrons. The molecule has 4 nitrogen and oxygen atoms in total. The molecular weight excluding hydrogens is 148 g/mol. The topological polar surface area (TPSA) is 66.8 Å². The lowest BCUT2D eigenvalue weighted by molar-refractivity contribution is -0.140. The molecule has 0 aromatic carbocycles. The minimum absolute atomic E-state index is 0.111. The number of ether oxygens (including phenoxy) is 1. The van der Waals surface area contributed by atoms with Gasteiger partial charge in [0.1, 0.15) is 0 Å². The lowest BCUT2D eigenvalue weighted by Gasteiger charge is -2.07. The maximum Gasteiger partial charge on any atom is 0.306 e. The van der Waals surface area contributed by atoms with E-state index < -0.39 is 12.1 Å². The molecule has 2 N–H and O–H groups in total. The molecule has 4 heteroatoms. The van der Waals surface area contributed by atoms with Crippen LogP contribution in [0.15, 0.2) is 0 Å². The average Bonchev–Trinajstić information content (AvgIpc) is 1.86. The zero-order chi connectivity index (χ0) is 8.69. The number of carboxylic acids is 1. The monoisotopic (exact) mass is 162 g/mol. The van der Waals surface area contributed by atoms with Crippen LogP contribution in [0.5, 0.6) is 0 Å². The average molecular weight is 162 g/mol. The Morgan fingerprint density at radius 2 is 2.27 bits per heavy atom. The first-order chi connectivity index (χ1) is 5.16. The Morgan fingerprint density at radius 3 is 2.73 bits per heavy atom. The summed E-state index contributed by atoms with van der Waals surface area (Å²) in [5.41, 5.74) is 0. The third kappa shape index (κ3) is 7.29. The van der Waals surface area contributed by atoms with Gasteiger partial charge >= 0.3 is 5.97 Å². The van der Waals surface area contributed by atoms with Crippen LogP contribution in [0.1, 0.15) is 19.8 Å². The normalized spacial score (nSPS) is 12.9. The summed E-state index contributed by atoms with van der Waals surface area (Å²) >= 11 is 0. The van der Waals surface area contributed by atoms with Crippen LogP contribution in [-0.4, -0.2) is 35.5 Å². The third-order valence-corrected chi connectivity index (χ3v) is 1.07. The van der Waals surface area contributed by atoms with Crippen molar-refractivity contribution in [1.82, 2.24) is 0 Å². The smallest absolute Gasteiger partial charge is 0.306 e. The number of carboxylic acid groups (broad SMARTS) is 1. The Kier molecular flexibility index (Phi) is 5.78. The van der Waals surface area contributed by atoms with E-state index in [1.54, 1.807) is 0 Å². The Labute approximate surface area is 65.8 Å². The zero-order valence-corrected chi connectivity index (χ0v) is 6.62. The fourth-order valence-corrected chi connectivity index (χ4v) is 0.624. The summed E-state index contributed by atoms with van der Waals surface area (Å²) in [7, 11) is 0. The fourth-order valence-electron chi connectivity index (χ4n) is 0.624. The predicted octanol–water partition coefficient (Wildman–Crippen LogP) is 0.249. The largest absolute Gasteiger partial charge is 0.481 e. The standard InChI is InChI=1S/C7H14O4/c1-2-3-11-5-6(8)4-7(9)10/h6,8H,2-5H2,1H3,(H,9,10). The van der Waals surface area contributed by atoms with Crippen molar-refractivity contribution in [2.45, 2.75) is 25.9 Å². The minimum Gasteiger partial charge on any atom is -0.481 e. The van der Waals surface area contributed by atoms with Crippen molar-refractivity contribution < 1.29 is 19.7 Å². The molecule has 1 unspecified atom stereocenters. The van der Waals surface area contributed by atoms with E-state index in [1.165, 1.54) is 0 Å². The second-order valence-corrected chi connectivity index (χ2v) is 2.33. The van der Waals surface area contributed by atoms with Crippen LogP contribution in [0, 0.1) is 0 Å². The Morgan fingerprint density at radius 1 is 1.64 bits per heavy atom. The number of rotatable bonds is 6. The van der Waals surface area contributed by atoms with Crippen molar-refractivity contribution in [2.24, 2.45) is 0 Å². The van der Waals surface area contributed by atoms with Crippen molar-refractivity contribution in [1.29, 1.82) is 0 Å². The quantitative estimate of drug-likeness (QED) is 0.549. The molecule has 0 amide bonds. The first-order valence-corrected chi connectivity index (χ1v) is 3.64. The molecule has 1 atom stereocenters. The number of carbonyl (C=O) groups is 1. The highest BCUT2D eigenvalue weighted by Crippen LogP contribution is 1.92. The predicted molar refractivity (Wildman–Crippen MR) is 39.4 cm³/mol. The van der Waals surface area contributed by atoms with Gasteiger partial charge in [-0.1, -0.05) is 6.92 Å². The summed E-state index contributed by atoms with van der Waals surface area (Å²) in [6, 6.07) is 0. The van der Waals surface area contributed by atoms with E-state index >= 15 is 0 Å². The third-order valence-electron chi connectivity index (χ3n) is 1.07. The van der Waals surface area contributed by atoms with Gasteiger partial charge in [-0.2, -0.15) is 0 Å². The van der Waals surface area contributed by atoms with Gasteiger partial charge in [0.15, 0.2) is 0 Å². The summed E-state index contributed by atoms with van der Waals surface area (Å²) in [5.74, 6) is -1.00. The fraction of sp³-hybridized carbons (Fsp3) is 0.857. The molecule has 0 fully saturated rings. The van der Waals surface area contributed by atoms with Gasteiger partial charge < -0.3 is 14.9 Å². The Bertz CT molecular complexity index is 113. The Balaban J connectivity index is 3.22. The molecule has 0 saturated heterocycles. The summed E-state index contributed by atoms with van der Waals surface area (Å²) in [6.07, 6.45) is -0.247. The van der Waals surface area contributed by atoms with Crippen molar-refractivity contribution in [3.63, 3.8) is 0 Å². The van der Waals surface area contributed by atoms with Crippen LogP contribution in [0.25, 0.3) is 0 Å². The second-order valence-electron chi connectivity index (χ2n) is 2.33. The molecule has 0 aliphatic carbocycles. The summed E-state index contributed by atoms with van der Waals surface area (Å²) in [4.78, 5) is 10.0.